The number of imidazole rings is 1. The molecular weight excluding hydrogens is 426 g/mol. The van der Waals surface area contributed by atoms with Crippen LogP contribution in [-0.4, -0.2) is 51.5 Å². The van der Waals surface area contributed by atoms with Crippen molar-refractivity contribution in [2.45, 2.75) is 58.2 Å². The molecule has 3 aromatic rings. The molecule has 0 spiro atoms. The minimum atomic E-state index is -0.765. The molecule has 0 bridgehead atoms. The maximum atomic E-state index is 11.0. The summed E-state index contributed by atoms with van der Waals surface area (Å²) in [7, 11) is 0. The Labute approximate surface area is 203 Å². The molecule has 0 amide bonds. The smallest absolute Gasteiger partial charge is 0.119 e. The monoisotopic (exact) mass is 463 g/mol. The lowest BCUT2D eigenvalue weighted by molar-refractivity contribution is -0.0537. The molecule has 0 unspecified atom stereocenters. The average Bonchev–Trinajstić information content (AvgIpc) is 3.31. The van der Waals surface area contributed by atoms with Gasteiger partial charge in [-0.2, -0.15) is 0 Å². The highest BCUT2D eigenvalue weighted by molar-refractivity contribution is 5.29. The van der Waals surface area contributed by atoms with Crippen molar-refractivity contribution in [1.82, 2.24) is 14.5 Å². The zero-order valence-electron chi connectivity index (χ0n) is 20.4. The van der Waals surface area contributed by atoms with Crippen LogP contribution in [0.15, 0.2) is 60.9 Å². The van der Waals surface area contributed by atoms with Crippen molar-refractivity contribution in [1.29, 1.82) is 0 Å². The van der Waals surface area contributed by atoms with Gasteiger partial charge in [-0.1, -0.05) is 36.8 Å². The zero-order chi connectivity index (χ0) is 23.8. The van der Waals surface area contributed by atoms with E-state index >= 15 is 0 Å². The summed E-state index contributed by atoms with van der Waals surface area (Å²) in [6.07, 6.45) is 7.22. The largest absolute Gasteiger partial charge is 0.494 e. The van der Waals surface area contributed by atoms with E-state index in [9.17, 15) is 5.11 Å². The third-order valence-electron chi connectivity index (χ3n) is 6.55. The molecule has 2 heterocycles. The molecule has 1 aliphatic rings. The van der Waals surface area contributed by atoms with Crippen LogP contribution in [0.4, 0.5) is 0 Å². The molecule has 182 valence electrons. The number of ether oxygens (including phenoxy) is 2. The number of likely N-dealkylation sites (tertiary alicyclic amines) is 1. The van der Waals surface area contributed by atoms with Crippen LogP contribution < -0.4 is 9.47 Å². The molecule has 4 rings (SSSR count). The lowest BCUT2D eigenvalue weighted by Gasteiger charge is -2.38. The predicted molar refractivity (Wildman–Crippen MR) is 134 cm³/mol. The molecule has 34 heavy (non-hydrogen) atoms. The van der Waals surface area contributed by atoms with Crippen LogP contribution in [0.1, 0.15) is 43.1 Å². The van der Waals surface area contributed by atoms with Gasteiger partial charge in [-0.3, -0.25) is 4.90 Å². The fourth-order valence-corrected chi connectivity index (χ4v) is 4.40. The second-order valence-electron chi connectivity index (χ2n) is 9.34. The van der Waals surface area contributed by atoms with Gasteiger partial charge >= 0.3 is 0 Å². The molecule has 1 aliphatic heterocycles. The fraction of sp³-hybridized carbons (Fsp3) is 0.464. The summed E-state index contributed by atoms with van der Waals surface area (Å²) in [4.78, 5) is 6.76. The van der Waals surface area contributed by atoms with E-state index < -0.39 is 5.60 Å². The van der Waals surface area contributed by atoms with Crippen molar-refractivity contribution in [3.05, 3.63) is 77.9 Å². The van der Waals surface area contributed by atoms with Crippen LogP contribution in [0.2, 0.25) is 0 Å². The van der Waals surface area contributed by atoms with Gasteiger partial charge in [0.15, 0.2) is 0 Å². The summed E-state index contributed by atoms with van der Waals surface area (Å²) >= 11 is 0. The Kier molecular flexibility index (Phi) is 8.25. The highest BCUT2D eigenvalue weighted by Gasteiger charge is 2.33. The average molecular weight is 464 g/mol. The number of aliphatic hydroxyl groups is 1. The molecule has 0 atom stereocenters. The summed E-state index contributed by atoms with van der Waals surface area (Å²) in [5.41, 5.74) is 1.68. The van der Waals surface area contributed by atoms with E-state index in [1.807, 2.05) is 42.7 Å². The van der Waals surface area contributed by atoms with Crippen LogP contribution in [0.3, 0.4) is 0 Å². The third kappa shape index (κ3) is 6.84. The molecule has 1 N–H and O–H groups in total. The molecule has 6 heteroatoms. The van der Waals surface area contributed by atoms with E-state index in [0.717, 1.165) is 56.3 Å². The van der Waals surface area contributed by atoms with E-state index in [4.69, 9.17) is 9.47 Å². The molecule has 1 saturated heterocycles. The maximum absolute atomic E-state index is 11.0. The Morgan fingerprint density at radius 1 is 1.03 bits per heavy atom. The first-order valence-corrected chi connectivity index (χ1v) is 12.4. The maximum Gasteiger partial charge on any atom is 0.119 e. The summed E-state index contributed by atoms with van der Waals surface area (Å²) in [5, 5.41) is 11.0. The van der Waals surface area contributed by atoms with Gasteiger partial charge in [0.2, 0.25) is 0 Å². The highest BCUT2D eigenvalue weighted by atomic mass is 16.5. The number of piperidine rings is 1. The number of aromatic nitrogens is 2. The first kappa shape index (κ1) is 24.3. The van der Waals surface area contributed by atoms with E-state index in [0.29, 0.717) is 26.1 Å². The Bertz CT molecular complexity index is 1020. The van der Waals surface area contributed by atoms with Crippen molar-refractivity contribution in [2.24, 2.45) is 0 Å². The Hall–Kier alpha value is -2.83. The van der Waals surface area contributed by atoms with Crippen LogP contribution in [0, 0.1) is 6.92 Å². The van der Waals surface area contributed by atoms with E-state index in [-0.39, 0.29) is 0 Å². The predicted octanol–water partition coefficient (Wildman–Crippen LogP) is 4.63. The first-order chi connectivity index (χ1) is 16.5. The van der Waals surface area contributed by atoms with Gasteiger partial charge in [0.05, 0.1) is 6.61 Å². The van der Waals surface area contributed by atoms with Crippen molar-refractivity contribution in [3.63, 3.8) is 0 Å². The van der Waals surface area contributed by atoms with Gasteiger partial charge in [0.1, 0.15) is 29.5 Å². The third-order valence-corrected chi connectivity index (χ3v) is 6.55. The number of hydrogen-bond acceptors (Lipinski definition) is 5. The van der Waals surface area contributed by atoms with Crippen molar-refractivity contribution in [3.8, 4) is 11.5 Å². The Morgan fingerprint density at radius 3 is 2.59 bits per heavy atom. The Balaban J connectivity index is 1.19. The van der Waals surface area contributed by atoms with Crippen molar-refractivity contribution < 1.29 is 14.6 Å². The molecule has 0 aliphatic carbocycles. The second-order valence-corrected chi connectivity index (χ2v) is 9.34. The Morgan fingerprint density at radius 2 is 1.82 bits per heavy atom. The normalized spacial score (nSPS) is 15.9. The molecule has 2 aromatic carbocycles. The molecule has 0 radical (unpaired) electrons. The second kappa shape index (κ2) is 11.5. The van der Waals surface area contributed by atoms with Gasteiger partial charge in [-0.25, -0.2) is 4.98 Å². The topological polar surface area (TPSA) is 59.8 Å². The lowest BCUT2D eigenvalue weighted by Crippen LogP contribution is -2.47. The number of rotatable bonds is 11. The van der Waals surface area contributed by atoms with Gasteiger partial charge < -0.3 is 19.1 Å². The number of hydrogen-bond donors (Lipinski definition) is 1. The van der Waals surface area contributed by atoms with Crippen LogP contribution >= 0.6 is 0 Å². The summed E-state index contributed by atoms with van der Waals surface area (Å²) in [6, 6.07) is 16.3. The fourth-order valence-electron chi connectivity index (χ4n) is 4.40. The molecular formula is C28H37N3O3. The first-order valence-electron chi connectivity index (χ1n) is 12.4. The quantitative estimate of drug-likeness (QED) is 0.420. The molecule has 6 nitrogen and oxygen atoms in total. The molecule has 1 fully saturated rings. The summed E-state index contributed by atoms with van der Waals surface area (Å²) < 4.78 is 14.1. The SMILES string of the molecule is CCc1nccn1CCCOc1cccc(CN2CCC(O)(COc3ccc(C)cc3)CC2)c1. The van der Waals surface area contributed by atoms with E-state index in [1.54, 1.807) is 0 Å². The van der Waals surface area contributed by atoms with Gasteiger partial charge in [0, 0.05) is 45.0 Å². The van der Waals surface area contributed by atoms with Gasteiger partial charge in [-0.15, -0.1) is 0 Å². The molecule has 0 saturated carbocycles. The van der Waals surface area contributed by atoms with Gasteiger partial charge in [-0.05, 0) is 56.0 Å². The highest BCUT2D eigenvalue weighted by Crippen LogP contribution is 2.25. The minimum Gasteiger partial charge on any atom is -0.494 e. The standard InChI is InChI=1S/C28H37N3O3/c1-3-27-29-14-18-31(27)15-5-19-33-26-7-4-6-24(20-26)21-30-16-12-28(32,13-17-30)22-34-25-10-8-23(2)9-11-25/h4,6-11,14,18,20,32H,3,5,12-13,15-17,19,21-22H2,1-2H3. The number of benzene rings is 2. The molecule has 1 aromatic heterocycles. The number of aryl methyl sites for hydroxylation is 3. The summed E-state index contributed by atoms with van der Waals surface area (Å²) in [5.74, 6) is 2.85. The van der Waals surface area contributed by atoms with Gasteiger partial charge in [0.25, 0.3) is 0 Å². The van der Waals surface area contributed by atoms with Crippen molar-refractivity contribution in [2.75, 3.05) is 26.3 Å². The van der Waals surface area contributed by atoms with Crippen LogP contribution in [-0.2, 0) is 19.5 Å². The van der Waals surface area contributed by atoms with E-state index in [1.165, 1.54) is 11.1 Å². The van der Waals surface area contributed by atoms with Crippen LogP contribution in [0.5, 0.6) is 11.5 Å². The lowest BCUT2D eigenvalue weighted by atomic mass is 9.92. The summed E-state index contributed by atoms with van der Waals surface area (Å²) in [6.45, 7) is 8.69. The van der Waals surface area contributed by atoms with E-state index in [2.05, 4.69) is 46.5 Å². The minimum absolute atomic E-state index is 0.339. The number of nitrogens with zero attached hydrogens (tertiary/aromatic N) is 3. The van der Waals surface area contributed by atoms with Crippen LogP contribution in [0.25, 0.3) is 0 Å². The zero-order valence-corrected chi connectivity index (χ0v) is 20.4. The van der Waals surface area contributed by atoms with Crippen molar-refractivity contribution >= 4 is 0 Å².